The number of carbonyl (C=O) groups excluding carboxylic acids is 1. The minimum Gasteiger partial charge on any atom is -0.366 e. The van der Waals surface area contributed by atoms with E-state index in [-0.39, 0.29) is 28.3 Å². The second kappa shape index (κ2) is 10.8. The van der Waals surface area contributed by atoms with Crippen LogP contribution < -0.4 is 15.8 Å². The summed E-state index contributed by atoms with van der Waals surface area (Å²) in [7, 11) is 0. The molecule has 0 radical (unpaired) electrons. The van der Waals surface area contributed by atoms with Crippen molar-refractivity contribution in [1.82, 2.24) is 20.0 Å². The molecule has 0 saturated carbocycles. The van der Waals surface area contributed by atoms with Crippen molar-refractivity contribution in [3.05, 3.63) is 87.6 Å². The number of halogens is 2. The molecule has 0 bridgehead atoms. The highest BCUT2D eigenvalue weighted by atomic mass is 35.5. The maximum absolute atomic E-state index is 13.0. The van der Waals surface area contributed by atoms with E-state index in [1.165, 1.54) is 16.8 Å². The van der Waals surface area contributed by atoms with E-state index < -0.39 is 0 Å². The molecule has 1 N–H and O–H groups in total. The molecule has 0 aliphatic carbocycles. The van der Waals surface area contributed by atoms with Gasteiger partial charge in [0, 0.05) is 32.7 Å². The molecule has 7 nitrogen and oxygen atoms in total. The van der Waals surface area contributed by atoms with E-state index in [4.69, 9.17) is 11.6 Å². The number of carbonyl (C=O) groups is 1. The Labute approximate surface area is 202 Å². The molecule has 2 heterocycles. The van der Waals surface area contributed by atoms with Gasteiger partial charge in [-0.05, 0) is 43.2 Å². The molecule has 0 spiro atoms. The lowest BCUT2D eigenvalue weighted by Gasteiger charge is -2.38. The highest BCUT2D eigenvalue weighted by Gasteiger charge is 2.27. The zero-order valence-electron chi connectivity index (χ0n) is 19.0. The Balaban J connectivity index is 1.31. The van der Waals surface area contributed by atoms with E-state index in [0.29, 0.717) is 50.5 Å². The third-order valence-corrected chi connectivity index (χ3v) is 6.46. The van der Waals surface area contributed by atoms with E-state index in [9.17, 15) is 14.0 Å². The molecule has 2 aromatic carbocycles. The van der Waals surface area contributed by atoms with Crippen LogP contribution in [0.5, 0.6) is 0 Å². The van der Waals surface area contributed by atoms with Crippen LogP contribution in [0.15, 0.2) is 65.6 Å². The second-order valence-corrected chi connectivity index (χ2v) is 8.64. The van der Waals surface area contributed by atoms with E-state index in [1.54, 1.807) is 30.5 Å². The number of aromatic nitrogens is 2. The molecule has 9 heteroatoms. The van der Waals surface area contributed by atoms with Crippen LogP contribution in [0, 0.1) is 5.82 Å². The van der Waals surface area contributed by atoms with Gasteiger partial charge in [-0.1, -0.05) is 41.9 Å². The number of anilines is 1. The maximum atomic E-state index is 13.0. The number of nitrogens with one attached hydrogen (secondary N) is 1. The van der Waals surface area contributed by atoms with Crippen molar-refractivity contribution in [2.45, 2.75) is 19.4 Å². The third kappa shape index (κ3) is 5.46. The fraction of sp³-hybridized carbons (Fsp3) is 0.320. The zero-order chi connectivity index (χ0) is 24.1. The number of nitrogens with zero attached hydrogens (tertiary/aromatic N) is 4. The van der Waals surface area contributed by atoms with Gasteiger partial charge in [0.2, 0.25) is 5.91 Å². The highest BCUT2D eigenvalue weighted by Crippen LogP contribution is 2.23. The Hall–Kier alpha value is -3.23. The molecule has 34 heavy (non-hydrogen) atoms. The number of para-hydroxylation sites is 1. The van der Waals surface area contributed by atoms with Gasteiger partial charge in [-0.2, -0.15) is 9.78 Å². The lowest BCUT2D eigenvalue weighted by molar-refractivity contribution is -0.125. The van der Waals surface area contributed by atoms with Crippen LogP contribution in [0.2, 0.25) is 5.02 Å². The van der Waals surface area contributed by atoms with Gasteiger partial charge in [0.15, 0.2) is 0 Å². The molecule has 1 aromatic heterocycles. The lowest BCUT2D eigenvalue weighted by atomic mass is 10.1. The molecule has 178 valence electrons. The van der Waals surface area contributed by atoms with Crippen molar-refractivity contribution in [2.75, 3.05) is 37.6 Å². The van der Waals surface area contributed by atoms with E-state index in [2.05, 4.69) is 15.3 Å². The average Bonchev–Trinajstić information content (AvgIpc) is 2.87. The predicted octanol–water partition coefficient (Wildman–Crippen LogP) is 2.89. The molecule has 4 rings (SSSR count). The van der Waals surface area contributed by atoms with Crippen molar-refractivity contribution >= 4 is 23.2 Å². The quantitative estimate of drug-likeness (QED) is 0.559. The van der Waals surface area contributed by atoms with Crippen LogP contribution in [0.4, 0.5) is 10.1 Å². The first-order valence-corrected chi connectivity index (χ1v) is 11.7. The first-order valence-electron chi connectivity index (χ1n) is 11.3. The van der Waals surface area contributed by atoms with Crippen molar-refractivity contribution in [3.8, 4) is 5.69 Å². The molecule has 1 aliphatic rings. The maximum Gasteiger partial charge on any atom is 0.292 e. The number of rotatable bonds is 7. The summed E-state index contributed by atoms with van der Waals surface area (Å²) in [5.41, 5.74) is 1.88. The number of hydrogen-bond acceptors (Lipinski definition) is 5. The Morgan fingerprint density at radius 2 is 1.76 bits per heavy atom. The van der Waals surface area contributed by atoms with E-state index in [1.807, 2.05) is 30.0 Å². The zero-order valence-corrected chi connectivity index (χ0v) is 19.7. The molecule has 3 aromatic rings. The van der Waals surface area contributed by atoms with Crippen LogP contribution in [-0.2, 0) is 11.2 Å². The number of benzene rings is 2. The van der Waals surface area contributed by atoms with Crippen molar-refractivity contribution in [2.24, 2.45) is 0 Å². The van der Waals surface area contributed by atoms with Crippen LogP contribution in [0.25, 0.3) is 5.69 Å². The summed E-state index contributed by atoms with van der Waals surface area (Å²) in [5.74, 6) is -0.310. The van der Waals surface area contributed by atoms with Gasteiger partial charge in [-0.25, -0.2) is 4.39 Å². The summed E-state index contributed by atoms with van der Waals surface area (Å²) in [6.07, 6.45) is 2.27. The summed E-state index contributed by atoms with van der Waals surface area (Å²) in [5, 5.41) is 7.41. The lowest BCUT2D eigenvalue weighted by Crippen LogP contribution is -2.54. The smallest absolute Gasteiger partial charge is 0.292 e. The number of hydrogen-bond donors (Lipinski definition) is 1. The van der Waals surface area contributed by atoms with Gasteiger partial charge in [0.25, 0.3) is 5.56 Å². The minimum absolute atomic E-state index is 0.0410. The predicted molar refractivity (Wildman–Crippen MR) is 131 cm³/mol. The topological polar surface area (TPSA) is 70.5 Å². The number of amides is 1. The monoisotopic (exact) mass is 483 g/mol. The summed E-state index contributed by atoms with van der Waals surface area (Å²) >= 11 is 6.43. The summed E-state index contributed by atoms with van der Waals surface area (Å²) in [6, 6.07) is 15.2. The van der Waals surface area contributed by atoms with Crippen molar-refractivity contribution in [3.63, 3.8) is 0 Å². The minimum atomic E-state index is -0.360. The summed E-state index contributed by atoms with van der Waals surface area (Å²) < 4.78 is 14.3. The van der Waals surface area contributed by atoms with Gasteiger partial charge < -0.3 is 10.2 Å². The largest absolute Gasteiger partial charge is 0.366 e. The molecular formula is C25H27ClFN5O2. The van der Waals surface area contributed by atoms with Gasteiger partial charge in [-0.3, -0.25) is 14.5 Å². The first-order chi connectivity index (χ1) is 16.4. The Bertz CT molecular complexity index is 1180. The SMILES string of the molecule is CC(C(=O)NCCc1ccc(F)cc1)N1CCN(c2cnn(-c3ccccc3)c(=O)c2Cl)CC1. The summed E-state index contributed by atoms with van der Waals surface area (Å²) in [6.45, 7) is 4.95. The van der Waals surface area contributed by atoms with Crippen LogP contribution in [0.1, 0.15) is 12.5 Å². The van der Waals surface area contributed by atoms with Gasteiger partial charge in [-0.15, -0.1) is 0 Å². The Morgan fingerprint density at radius 3 is 2.44 bits per heavy atom. The normalized spacial score (nSPS) is 15.2. The molecule has 1 amide bonds. The number of piperazine rings is 1. The fourth-order valence-corrected chi connectivity index (χ4v) is 4.29. The van der Waals surface area contributed by atoms with Gasteiger partial charge in [0.1, 0.15) is 10.8 Å². The third-order valence-electron chi connectivity index (χ3n) is 6.11. The molecule has 1 atom stereocenters. The molecule has 1 saturated heterocycles. The molecule has 1 fully saturated rings. The van der Waals surface area contributed by atoms with Crippen LogP contribution in [0.3, 0.4) is 0 Å². The van der Waals surface area contributed by atoms with Crippen LogP contribution >= 0.6 is 11.6 Å². The van der Waals surface area contributed by atoms with Crippen LogP contribution in [-0.4, -0.2) is 59.4 Å². The Kier molecular flexibility index (Phi) is 7.59. The fourth-order valence-electron chi connectivity index (χ4n) is 4.04. The molecule has 1 aliphatic heterocycles. The van der Waals surface area contributed by atoms with E-state index in [0.717, 1.165) is 5.56 Å². The van der Waals surface area contributed by atoms with E-state index >= 15 is 0 Å². The van der Waals surface area contributed by atoms with Gasteiger partial charge in [0.05, 0.1) is 23.6 Å². The second-order valence-electron chi connectivity index (χ2n) is 8.26. The molecular weight excluding hydrogens is 457 g/mol. The first kappa shape index (κ1) is 23.9. The van der Waals surface area contributed by atoms with Gasteiger partial charge >= 0.3 is 0 Å². The molecule has 1 unspecified atom stereocenters. The van der Waals surface area contributed by atoms with Crippen molar-refractivity contribution in [1.29, 1.82) is 0 Å². The standard InChI is InChI=1S/C25H27ClFN5O2/c1-18(24(33)28-12-11-19-7-9-20(27)10-8-19)30-13-15-31(16-14-30)22-17-29-32(25(34)23(22)26)21-5-3-2-4-6-21/h2-10,17-18H,11-16H2,1H3,(H,28,33). The Morgan fingerprint density at radius 1 is 1.09 bits per heavy atom. The average molecular weight is 484 g/mol. The van der Waals surface area contributed by atoms with Crippen molar-refractivity contribution < 1.29 is 9.18 Å². The highest BCUT2D eigenvalue weighted by molar-refractivity contribution is 6.33. The summed E-state index contributed by atoms with van der Waals surface area (Å²) in [4.78, 5) is 29.5.